The first kappa shape index (κ1) is 24.6. The zero-order chi connectivity index (χ0) is 26.8. The van der Waals surface area contributed by atoms with Crippen LogP contribution >= 0.6 is 0 Å². The molecule has 0 spiro atoms. The second kappa shape index (κ2) is 10.1. The molecule has 5 aromatic rings. The average Bonchev–Trinajstić information content (AvgIpc) is 3.32. The molecule has 0 aliphatic rings. The van der Waals surface area contributed by atoms with Gasteiger partial charge in [-0.05, 0) is 43.5 Å². The van der Waals surface area contributed by atoms with Crippen LogP contribution in [0.15, 0.2) is 78.9 Å². The number of ether oxygens (including phenoxy) is 1. The Bertz CT molecular complexity index is 1680. The zero-order valence-corrected chi connectivity index (χ0v) is 21.2. The number of anilines is 1. The molecule has 3 aromatic heterocycles. The Balaban J connectivity index is 1.82. The van der Waals surface area contributed by atoms with E-state index in [4.69, 9.17) is 15.6 Å². The maximum Gasteiger partial charge on any atom is 0.298 e. The molecule has 9 heteroatoms. The van der Waals surface area contributed by atoms with E-state index >= 15 is 0 Å². The third-order valence-corrected chi connectivity index (χ3v) is 6.49. The number of hydrogen-bond acceptors (Lipinski definition) is 8. The summed E-state index contributed by atoms with van der Waals surface area (Å²) in [6, 6.07) is 18.6. The first-order valence-corrected chi connectivity index (χ1v) is 12.0. The van der Waals surface area contributed by atoms with Crippen molar-refractivity contribution in [1.29, 1.82) is 0 Å². The van der Waals surface area contributed by atoms with Crippen LogP contribution in [0.2, 0.25) is 0 Å². The number of allylic oxidation sites excluding steroid dienone is 1. The summed E-state index contributed by atoms with van der Waals surface area (Å²) in [5.74, 6) is 0.613. The summed E-state index contributed by atoms with van der Waals surface area (Å²) in [6.45, 7) is 6.12. The molecule has 0 fully saturated rings. The van der Waals surface area contributed by atoms with Crippen LogP contribution in [0.1, 0.15) is 35.3 Å². The topological polar surface area (TPSA) is 129 Å². The Labute approximate surface area is 219 Å². The lowest BCUT2D eigenvalue weighted by molar-refractivity contribution is -0.125. The zero-order valence-electron chi connectivity index (χ0n) is 21.2. The fourth-order valence-electron chi connectivity index (χ4n) is 4.63. The molecule has 1 unspecified atom stereocenters. The minimum atomic E-state index is -0.592. The van der Waals surface area contributed by atoms with E-state index in [1.165, 1.54) is 12.5 Å². The highest BCUT2D eigenvalue weighted by Gasteiger charge is 2.27. The van der Waals surface area contributed by atoms with Gasteiger partial charge in [-0.2, -0.15) is 5.10 Å². The highest BCUT2D eigenvalue weighted by molar-refractivity contribution is 5.99. The molecule has 3 N–H and O–H groups in total. The number of pyridine rings is 1. The quantitative estimate of drug-likeness (QED) is 0.233. The lowest BCUT2D eigenvalue weighted by Gasteiger charge is -2.21. The standard InChI is InChI=1S/C29H26N6O3/c1-17-9-7-8-12-22(17)24(20-10-5-4-6-11-20)27(38-16-36)19(3)35-29-25(28(30)32-15-33-29)26(34-35)23-13-21(37)14-31-18(23)2/h4-16,19,37H,1-3H3,(H2,30,32,33)/b27-24-. The minimum absolute atomic E-state index is 0.00689. The van der Waals surface area contributed by atoms with Gasteiger partial charge >= 0.3 is 0 Å². The van der Waals surface area contributed by atoms with Crippen LogP contribution in [0.25, 0.3) is 27.9 Å². The van der Waals surface area contributed by atoms with Crippen LogP contribution < -0.4 is 5.73 Å². The second-order valence-electron chi connectivity index (χ2n) is 8.89. The van der Waals surface area contributed by atoms with Crippen LogP contribution in [0, 0.1) is 13.8 Å². The molecule has 190 valence electrons. The number of aromatic nitrogens is 5. The molecular weight excluding hydrogens is 480 g/mol. The number of nitrogen functional groups attached to an aromatic ring is 1. The number of rotatable bonds is 7. The van der Waals surface area contributed by atoms with E-state index < -0.39 is 6.04 Å². The molecule has 0 aliphatic carbocycles. The lowest BCUT2D eigenvalue weighted by Crippen LogP contribution is -2.15. The van der Waals surface area contributed by atoms with Gasteiger partial charge in [0.25, 0.3) is 6.47 Å². The van der Waals surface area contributed by atoms with Gasteiger partial charge in [-0.3, -0.25) is 9.78 Å². The van der Waals surface area contributed by atoms with Crippen molar-refractivity contribution in [2.45, 2.75) is 26.8 Å². The molecule has 1 atom stereocenters. The van der Waals surface area contributed by atoms with Gasteiger partial charge in [-0.15, -0.1) is 0 Å². The number of carbonyl (C=O) groups excluding carboxylic acids is 1. The monoisotopic (exact) mass is 506 g/mol. The summed E-state index contributed by atoms with van der Waals surface area (Å²) in [5, 5.41) is 15.5. The third-order valence-electron chi connectivity index (χ3n) is 6.49. The highest BCUT2D eigenvalue weighted by Crippen LogP contribution is 2.38. The molecule has 0 radical (unpaired) electrons. The van der Waals surface area contributed by atoms with Crippen molar-refractivity contribution in [1.82, 2.24) is 24.7 Å². The average molecular weight is 507 g/mol. The van der Waals surface area contributed by atoms with Crippen LogP contribution in [0.5, 0.6) is 5.75 Å². The first-order valence-electron chi connectivity index (χ1n) is 12.0. The molecule has 0 saturated heterocycles. The van der Waals surface area contributed by atoms with Gasteiger partial charge in [-0.1, -0.05) is 54.6 Å². The maximum absolute atomic E-state index is 11.9. The summed E-state index contributed by atoms with van der Waals surface area (Å²) in [6.07, 6.45) is 2.73. The minimum Gasteiger partial charge on any atom is -0.506 e. The Morgan fingerprint density at radius 1 is 1.05 bits per heavy atom. The van der Waals surface area contributed by atoms with Crippen molar-refractivity contribution in [2.24, 2.45) is 0 Å². The SMILES string of the molecule is Cc1ccccc1/C(=C(\OC=O)C(C)n1nc(-c2cc(O)cnc2C)c2c(N)ncnc21)c1ccccc1. The number of aromatic hydroxyl groups is 1. The summed E-state index contributed by atoms with van der Waals surface area (Å²) < 4.78 is 7.39. The van der Waals surface area contributed by atoms with Gasteiger partial charge in [-0.25, -0.2) is 14.6 Å². The first-order chi connectivity index (χ1) is 18.4. The van der Waals surface area contributed by atoms with Gasteiger partial charge in [0, 0.05) is 16.8 Å². The molecular formula is C29H26N6O3. The van der Waals surface area contributed by atoms with Crippen LogP contribution in [0.3, 0.4) is 0 Å². The fraction of sp³-hybridized carbons (Fsp3) is 0.138. The normalized spacial score (nSPS) is 12.7. The van der Waals surface area contributed by atoms with Crippen molar-refractivity contribution < 1.29 is 14.6 Å². The molecule has 0 aliphatic heterocycles. The summed E-state index contributed by atoms with van der Waals surface area (Å²) in [7, 11) is 0. The van der Waals surface area contributed by atoms with Crippen LogP contribution in [0.4, 0.5) is 5.82 Å². The Morgan fingerprint density at radius 2 is 1.79 bits per heavy atom. The highest BCUT2D eigenvalue weighted by atomic mass is 16.5. The molecule has 5 rings (SSSR count). The Hall–Kier alpha value is -5.05. The second-order valence-corrected chi connectivity index (χ2v) is 8.89. The van der Waals surface area contributed by atoms with Gasteiger partial charge in [0.2, 0.25) is 0 Å². The van der Waals surface area contributed by atoms with Crippen molar-refractivity contribution in [3.63, 3.8) is 0 Å². The maximum atomic E-state index is 11.9. The molecule has 0 bridgehead atoms. The number of benzene rings is 2. The predicted molar refractivity (Wildman–Crippen MR) is 145 cm³/mol. The van der Waals surface area contributed by atoms with Crippen molar-refractivity contribution >= 4 is 28.9 Å². The molecule has 0 amide bonds. The van der Waals surface area contributed by atoms with E-state index in [0.717, 1.165) is 22.3 Å². The van der Waals surface area contributed by atoms with Gasteiger partial charge in [0.05, 0.1) is 11.6 Å². The predicted octanol–water partition coefficient (Wildman–Crippen LogP) is 4.99. The summed E-state index contributed by atoms with van der Waals surface area (Å²) in [4.78, 5) is 24.8. The Morgan fingerprint density at radius 3 is 2.53 bits per heavy atom. The van der Waals surface area contributed by atoms with E-state index in [1.807, 2.05) is 75.4 Å². The van der Waals surface area contributed by atoms with Crippen LogP contribution in [-0.2, 0) is 9.53 Å². The van der Waals surface area contributed by atoms with E-state index in [2.05, 4.69) is 15.0 Å². The Kier molecular flexibility index (Phi) is 6.57. The van der Waals surface area contributed by atoms with Gasteiger partial charge < -0.3 is 15.6 Å². The molecule has 0 saturated carbocycles. The van der Waals surface area contributed by atoms with Crippen molar-refractivity contribution in [3.05, 3.63) is 101 Å². The number of carbonyl (C=O) groups is 1. The molecule has 3 heterocycles. The van der Waals surface area contributed by atoms with Crippen LogP contribution in [-0.4, -0.2) is 36.3 Å². The van der Waals surface area contributed by atoms with E-state index in [0.29, 0.717) is 40.2 Å². The smallest absolute Gasteiger partial charge is 0.298 e. The molecule has 2 aromatic carbocycles. The molecule has 9 nitrogen and oxygen atoms in total. The summed E-state index contributed by atoms with van der Waals surface area (Å²) >= 11 is 0. The van der Waals surface area contributed by atoms with E-state index in [-0.39, 0.29) is 11.6 Å². The largest absolute Gasteiger partial charge is 0.506 e. The van der Waals surface area contributed by atoms with Gasteiger partial charge in [0.15, 0.2) is 5.65 Å². The summed E-state index contributed by atoms with van der Waals surface area (Å²) in [5.41, 5.74) is 12.0. The number of nitrogens with two attached hydrogens (primary N) is 1. The van der Waals surface area contributed by atoms with E-state index in [9.17, 15) is 9.90 Å². The number of hydrogen-bond donors (Lipinski definition) is 2. The van der Waals surface area contributed by atoms with E-state index in [1.54, 1.807) is 10.7 Å². The van der Waals surface area contributed by atoms with Gasteiger partial charge in [0.1, 0.15) is 35.4 Å². The fourth-order valence-corrected chi connectivity index (χ4v) is 4.63. The van der Waals surface area contributed by atoms with Crippen molar-refractivity contribution in [2.75, 3.05) is 5.73 Å². The number of nitrogens with zero attached hydrogens (tertiary/aromatic N) is 5. The lowest BCUT2D eigenvalue weighted by atomic mass is 9.91. The molecule has 38 heavy (non-hydrogen) atoms. The van der Waals surface area contributed by atoms with Crippen molar-refractivity contribution in [3.8, 4) is 17.0 Å². The third kappa shape index (κ3) is 4.34. The number of aryl methyl sites for hydroxylation is 2. The number of fused-ring (bicyclic) bond motifs is 1.